The lowest BCUT2D eigenvalue weighted by Crippen LogP contribution is -2.40. The first-order valence-corrected chi connectivity index (χ1v) is 14.0. The molecule has 0 saturated carbocycles. The number of hydrogen-bond acceptors (Lipinski definition) is 8. The Kier molecular flexibility index (Phi) is 10.5. The van der Waals surface area contributed by atoms with Crippen LogP contribution in [-0.2, 0) is 19.1 Å². The van der Waals surface area contributed by atoms with Crippen LogP contribution in [-0.4, -0.2) is 43.0 Å². The first-order valence-electron chi connectivity index (χ1n) is 14.0. The highest BCUT2D eigenvalue weighted by molar-refractivity contribution is 5.94. The van der Waals surface area contributed by atoms with E-state index in [9.17, 15) is 19.5 Å². The van der Waals surface area contributed by atoms with Gasteiger partial charge in [0.15, 0.2) is 11.2 Å². The monoisotopic (exact) mass is 563 g/mol. The number of carbonyl (C=O) groups excluding carboxylic acids is 2. The van der Waals surface area contributed by atoms with E-state index in [0.29, 0.717) is 66.7 Å². The molecule has 2 aromatic carbocycles. The van der Waals surface area contributed by atoms with Gasteiger partial charge in [-0.15, -0.1) is 0 Å². The molecular weight excluding hydrogens is 526 g/mol. The molecule has 1 aliphatic rings. The van der Waals surface area contributed by atoms with E-state index in [2.05, 4.69) is 10.6 Å². The van der Waals surface area contributed by atoms with Gasteiger partial charge in [0.1, 0.15) is 5.58 Å². The lowest BCUT2D eigenvalue weighted by Gasteiger charge is -2.36. The number of rotatable bonds is 13. The SMILES string of the molecule is CCO[C@@H]1OC(C(=O)NCCCCC(=O)Nc2ccccc2N)=C[C@H](c2coc3ccccc3c2=O)[C@H]1CCCO. The van der Waals surface area contributed by atoms with Crippen molar-refractivity contribution in [3.8, 4) is 0 Å². The normalized spacial score (nSPS) is 18.4. The lowest BCUT2D eigenvalue weighted by atomic mass is 9.81. The highest BCUT2D eigenvalue weighted by Crippen LogP contribution is 2.38. The van der Waals surface area contributed by atoms with Gasteiger partial charge >= 0.3 is 0 Å². The largest absolute Gasteiger partial charge is 0.464 e. The first-order chi connectivity index (χ1) is 19.9. The van der Waals surface area contributed by atoms with Crippen LogP contribution >= 0.6 is 0 Å². The van der Waals surface area contributed by atoms with Gasteiger partial charge in [-0.2, -0.15) is 0 Å². The number of benzene rings is 2. The van der Waals surface area contributed by atoms with Gasteiger partial charge in [0.05, 0.1) is 23.0 Å². The van der Waals surface area contributed by atoms with Gasteiger partial charge in [-0.1, -0.05) is 24.3 Å². The second-order valence-electron chi connectivity index (χ2n) is 9.89. The minimum Gasteiger partial charge on any atom is -0.464 e. The Hall–Kier alpha value is -4.15. The van der Waals surface area contributed by atoms with Crippen molar-refractivity contribution in [2.75, 3.05) is 30.8 Å². The summed E-state index contributed by atoms with van der Waals surface area (Å²) in [4.78, 5) is 38.8. The van der Waals surface area contributed by atoms with Crippen molar-refractivity contribution in [1.29, 1.82) is 0 Å². The number of fused-ring (bicyclic) bond motifs is 1. The van der Waals surface area contributed by atoms with Crippen molar-refractivity contribution in [2.24, 2.45) is 5.92 Å². The van der Waals surface area contributed by atoms with Crippen LogP contribution in [0.4, 0.5) is 11.4 Å². The Morgan fingerprint density at radius 1 is 1.07 bits per heavy atom. The minimum atomic E-state index is -0.790. The zero-order chi connectivity index (χ0) is 29.2. The zero-order valence-electron chi connectivity index (χ0n) is 23.1. The Balaban J connectivity index is 1.44. The van der Waals surface area contributed by atoms with Crippen LogP contribution < -0.4 is 21.8 Å². The van der Waals surface area contributed by atoms with Gasteiger partial charge in [-0.05, 0) is 62.9 Å². The summed E-state index contributed by atoms with van der Waals surface area (Å²) < 4.78 is 17.6. The molecule has 0 radical (unpaired) electrons. The molecule has 1 aliphatic heterocycles. The number of amides is 2. The second-order valence-corrected chi connectivity index (χ2v) is 9.89. The van der Waals surface area contributed by atoms with E-state index < -0.39 is 18.1 Å². The number of anilines is 2. The first kappa shape index (κ1) is 29.8. The Labute approximate surface area is 238 Å². The zero-order valence-corrected chi connectivity index (χ0v) is 23.1. The number of unbranched alkanes of at least 4 members (excludes halogenated alkanes) is 1. The molecule has 10 heteroatoms. The molecule has 218 valence electrons. The molecule has 0 unspecified atom stereocenters. The van der Waals surface area contributed by atoms with Gasteiger partial charge in [0.2, 0.25) is 12.2 Å². The van der Waals surface area contributed by atoms with Crippen molar-refractivity contribution >= 4 is 34.2 Å². The molecule has 2 amide bonds. The van der Waals surface area contributed by atoms with Crippen LogP contribution in [0.3, 0.4) is 0 Å². The van der Waals surface area contributed by atoms with Crippen LogP contribution in [0.5, 0.6) is 0 Å². The number of carbonyl (C=O) groups is 2. The van der Waals surface area contributed by atoms with E-state index in [4.69, 9.17) is 19.6 Å². The van der Waals surface area contributed by atoms with E-state index in [0.717, 1.165) is 0 Å². The lowest BCUT2D eigenvalue weighted by molar-refractivity contribution is -0.166. The fourth-order valence-electron chi connectivity index (χ4n) is 4.97. The van der Waals surface area contributed by atoms with Crippen LogP contribution in [0.2, 0.25) is 0 Å². The maximum Gasteiger partial charge on any atom is 0.286 e. The molecule has 0 saturated heterocycles. The number of nitrogens with one attached hydrogen (secondary N) is 2. The van der Waals surface area contributed by atoms with Crippen LogP contribution in [0.15, 0.2) is 75.8 Å². The van der Waals surface area contributed by atoms with E-state index in [1.165, 1.54) is 6.26 Å². The van der Waals surface area contributed by atoms with Crippen molar-refractivity contribution in [2.45, 2.75) is 51.2 Å². The van der Waals surface area contributed by atoms with Crippen molar-refractivity contribution in [1.82, 2.24) is 5.32 Å². The molecule has 0 bridgehead atoms. The number of aliphatic hydroxyl groups is 1. The van der Waals surface area contributed by atoms with E-state index in [1.54, 1.807) is 54.6 Å². The third-order valence-corrected chi connectivity index (χ3v) is 7.05. The number of allylic oxidation sites excluding steroid dienone is 1. The quantitative estimate of drug-likeness (QED) is 0.179. The standard InChI is InChI=1S/C31H37N3O7/c1-2-39-31-20(11-9-17-35)22(23-19-40-26-14-6-3-10-21(26)29(23)37)18-27(41-31)30(38)33-16-8-7-15-28(36)34-25-13-5-4-12-24(25)32/h3-6,10,12-14,18-20,22,31,35H,2,7-9,11,15-17,32H2,1H3,(H,33,38)(H,34,36)/t20-,22+,31-/m1/s1. The van der Waals surface area contributed by atoms with Crippen LogP contribution in [0, 0.1) is 5.92 Å². The van der Waals surface area contributed by atoms with Crippen LogP contribution in [0.25, 0.3) is 11.0 Å². The molecule has 2 heterocycles. The van der Waals surface area contributed by atoms with Gasteiger partial charge < -0.3 is 35.4 Å². The van der Waals surface area contributed by atoms with Gasteiger partial charge in [-0.25, -0.2) is 0 Å². The average molecular weight is 564 g/mol. The fourth-order valence-corrected chi connectivity index (χ4v) is 4.97. The number of ether oxygens (including phenoxy) is 2. The molecule has 5 N–H and O–H groups in total. The Morgan fingerprint density at radius 2 is 1.85 bits per heavy atom. The number of para-hydroxylation sites is 3. The number of nitrogens with two attached hydrogens (primary N) is 1. The van der Waals surface area contributed by atoms with Crippen LogP contribution in [0.1, 0.15) is 50.5 Å². The molecule has 0 aliphatic carbocycles. The summed E-state index contributed by atoms with van der Waals surface area (Å²) >= 11 is 0. The third kappa shape index (κ3) is 7.53. The van der Waals surface area contributed by atoms with Gasteiger partial charge in [0, 0.05) is 43.6 Å². The summed E-state index contributed by atoms with van der Waals surface area (Å²) in [5.41, 5.74) is 7.63. The number of nitrogen functional groups attached to an aromatic ring is 1. The second kappa shape index (κ2) is 14.5. The molecule has 3 atom stereocenters. The molecule has 4 rings (SSSR count). The van der Waals surface area contributed by atoms with E-state index >= 15 is 0 Å². The van der Waals surface area contributed by atoms with E-state index in [-0.39, 0.29) is 36.0 Å². The molecule has 1 aromatic heterocycles. The summed E-state index contributed by atoms with van der Waals surface area (Å²) in [6, 6.07) is 14.1. The predicted molar refractivity (Wildman–Crippen MR) is 156 cm³/mol. The highest BCUT2D eigenvalue weighted by Gasteiger charge is 2.39. The molecule has 0 fully saturated rings. The summed E-state index contributed by atoms with van der Waals surface area (Å²) in [6.07, 6.45) is 4.70. The van der Waals surface area contributed by atoms with Gasteiger partial charge in [-0.3, -0.25) is 14.4 Å². The summed E-state index contributed by atoms with van der Waals surface area (Å²) in [5, 5.41) is 15.6. The van der Waals surface area contributed by atoms with Crippen molar-refractivity contribution in [3.05, 3.63) is 82.4 Å². The topological polar surface area (TPSA) is 153 Å². The fraction of sp³-hybridized carbons (Fsp3) is 0.387. The molecule has 41 heavy (non-hydrogen) atoms. The van der Waals surface area contributed by atoms with Gasteiger partial charge in [0.25, 0.3) is 5.91 Å². The van der Waals surface area contributed by atoms with E-state index in [1.807, 2.05) is 6.92 Å². The Bertz CT molecular complexity index is 1430. The predicted octanol–water partition coefficient (Wildman–Crippen LogP) is 4.05. The number of aliphatic hydroxyl groups excluding tert-OH is 1. The van der Waals surface area contributed by atoms with Crippen molar-refractivity contribution in [3.63, 3.8) is 0 Å². The minimum absolute atomic E-state index is 0.0256. The molecule has 10 nitrogen and oxygen atoms in total. The van der Waals surface area contributed by atoms with Crippen molar-refractivity contribution < 1.29 is 28.6 Å². The molecular formula is C31H37N3O7. The summed E-state index contributed by atoms with van der Waals surface area (Å²) in [7, 11) is 0. The maximum atomic E-state index is 13.5. The number of hydrogen-bond donors (Lipinski definition) is 4. The highest BCUT2D eigenvalue weighted by atomic mass is 16.7. The molecule has 0 spiro atoms. The third-order valence-electron chi connectivity index (χ3n) is 7.05. The Morgan fingerprint density at radius 3 is 2.63 bits per heavy atom. The summed E-state index contributed by atoms with van der Waals surface area (Å²) in [6.45, 7) is 2.47. The summed E-state index contributed by atoms with van der Waals surface area (Å²) in [5.74, 6) is -1.38. The molecule has 3 aromatic rings. The maximum absolute atomic E-state index is 13.5. The average Bonchev–Trinajstić information content (AvgIpc) is 2.97. The smallest absolute Gasteiger partial charge is 0.286 e.